The fraction of sp³-hybridized carbons (Fsp3) is 0.957. The van der Waals surface area contributed by atoms with E-state index in [4.69, 9.17) is 11.6 Å². The first-order valence-corrected chi connectivity index (χ1v) is 11.9. The van der Waals surface area contributed by atoms with E-state index in [2.05, 4.69) is 6.92 Å². The van der Waals surface area contributed by atoms with Crippen LogP contribution in [0.15, 0.2) is 0 Å². The van der Waals surface area contributed by atoms with Crippen molar-refractivity contribution in [2.75, 3.05) is 20.6 Å². The molecule has 4 heteroatoms. The zero-order valence-electron chi connectivity index (χ0n) is 18.6. The number of hydrogen-bond donors (Lipinski definition) is 1. The van der Waals surface area contributed by atoms with E-state index in [1.165, 1.54) is 77.0 Å². The summed E-state index contributed by atoms with van der Waals surface area (Å²) >= 11 is 6.37. The van der Waals surface area contributed by atoms with Gasteiger partial charge in [0, 0.05) is 5.38 Å². The number of likely N-dealkylation sites (N-methyl/N-ethyl adjacent to an activating group) is 1. The molecule has 0 bridgehead atoms. The number of alkyl halides is 1. The number of amides is 1. The molecule has 0 aromatic heterocycles. The van der Waals surface area contributed by atoms with E-state index in [9.17, 15) is 9.90 Å². The van der Waals surface area contributed by atoms with Crippen LogP contribution in [-0.4, -0.2) is 47.6 Å². The highest BCUT2D eigenvalue weighted by atomic mass is 35.5. The minimum absolute atomic E-state index is 0.0726. The maximum atomic E-state index is 12.3. The molecule has 0 radical (unpaired) electrons. The first-order valence-electron chi connectivity index (χ1n) is 11.5. The van der Waals surface area contributed by atoms with Gasteiger partial charge in [0.2, 0.25) is 0 Å². The van der Waals surface area contributed by atoms with Crippen molar-refractivity contribution in [3.05, 3.63) is 0 Å². The van der Waals surface area contributed by atoms with E-state index in [0.29, 0.717) is 13.0 Å². The van der Waals surface area contributed by atoms with E-state index in [1.54, 1.807) is 6.92 Å². The molecular formula is C23H47ClNO2+. The third kappa shape index (κ3) is 16.5. The maximum Gasteiger partial charge on any atom is 0.314 e. The molecule has 0 heterocycles. The van der Waals surface area contributed by atoms with Crippen LogP contribution in [0.2, 0.25) is 0 Å². The summed E-state index contributed by atoms with van der Waals surface area (Å²) in [5.41, 5.74) is 0. The van der Waals surface area contributed by atoms with Gasteiger partial charge in [-0.3, -0.25) is 4.48 Å². The summed E-state index contributed by atoms with van der Waals surface area (Å²) in [7, 11) is 3.70. The number of unbranched alkanes of at least 4 members (excludes halogenated alkanes) is 12. The van der Waals surface area contributed by atoms with Crippen LogP contribution in [0.1, 0.15) is 110 Å². The van der Waals surface area contributed by atoms with E-state index < -0.39 is 6.10 Å². The van der Waals surface area contributed by atoms with Crippen LogP contribution in [0.5, 0.6) is 0 Å². The van der Waals surface area contributed by atoms with Crippen molar-refractivity contribution in [1.82, 2.24) is 0 Å². The number of quaternary nitrogens is 1. The van der Waals surface area contributed by atoms with Crippen LogP contribution in [0, 0.1) is 0 Å². The minimum Gasteiger partial charge on any atom is -0.388 e. The van der Waals surface area contributed by atoms with Crippen LogP contribution in [0.4, 0.5) is 0 Å². The number of carbonyl (C=O) groups is 1. The minimum atomic E-state index is -0.473. The van der Waals surface area contributed by atoms with E-state index >= 15 is 0 Å². The van der Waals surface area contributed by atoms with Crippen LogP contribution in [0.3, 0.4) is 0 Å². The molecule has 3 nitrogen and oxygen atoms in total. The number of halogens is 1. The molecule has 0 saturated heterocycles. The highest BCUT2D eigenvalue weighted by molar-refractivity contribution is 6.21. The second-order valence-electron chi connectivity index (χ2n) is 8.94. The zero-order valence-corrected chi connectivity index (χ0v) is 19.4. The first kappa shape index (κ1) is 26.9. The molecule has 27 heavy (non-hydrogen) atoms. The summed E-state index contributed by atoms with van der Waals surface area (Å²) in [5, 5.41) is 9.43. The van der Waals surface area contributed by atoms with Gasteiger partial charge in [0.05, 0.1) is 20.5 Å². The van der Waals surface area contributed by atoms with Gasteiger partial charge in [-0.25, -0.2) is 4.79 Å². The fourth-order valence-corrected chi connectivity index (χ4v) is 3.97. The Kier molecular flexibility index (Phi) is 16.7. The first-order chi connectivity index (χ1) is 12.8. The number of aliphatic hydroxyl groups is 1. The summed E-state index contributed by atoms with van der Waals surface area (Å²) < 4.78 is 0.208. The Bertz CT molecular complexity index is 358. The lowest BCUT2D eigenvalue weighted by atomic mass is 10.0. The Morgan fingerprint density at radius 1 is 0.852 bits per heavy atom. The topological polar surface area (TPSA) is 37.3 Å². The summed E-state index contributed by atoms with van der Waals surface area (Å²) in [6.45, 7) is 4.44. The van der Waals surface area contributed by atoms with Gasteiger partial charge in [-0.2, -0.15) is 0 Å². The van der Waals surface area contributed by atoms with Crippen molar-refractivity contribution in [1.29, 1.82) is 0 Å². The lowest BCUT2D eigenvalue weighted by molar-refractivity contribution is -0.817. The van der Waals surface area contributed by atoms with E-state index in [-0.39, 0.29) is 15.8 Å². The van der Waals surface area contributed by atoms with Crippen LogP contribution in [0.25, 0.3) is 0 Å². The molecule has 0 aromatic rings. The van der Waals surface area contributed by atoms with E-state index in [1.807, 2.05) is 14.1 Å². The van der Waals surface area contributed by atoms with Crippen molar-refractivity contribution in [2.24, 2.45) is 0 Å². The fourth-order valence-electron chi connectivity index (χ4n) is 3.68. The average molecular weight is 405 g/mol. The molecule has 0 aliphatic heterocycles. The third-order valence-electron chi connectivity index (χ3n) is 5.41. The number of rotatable bonds is 18. The summed E-state index contributed by atoms with van der Waals surface area (Å²) in [6.07, 6.45) is 18.4. The Balaban J connectivity index is 3.51. The summed E-state index contributed by atoms with van der Waals surface area (Å²) in [6, 6.07) is 0. The third-order valence-corrected chi connectivity index (χ3v) is 5.79. The molecule has 0 aliphatic carbocycles. The SMILES string of the molecule is CCCCCCCCCCCCCCCC(Cl)CC(=O)[N+](C)(C)CC(C)O. The smallest absolute Gasteiger partial charge is 0.314 e. The molecule has 2 atom stereocenters. The Labute approximate surface area is 174 Å². The quantitative estimate of drug-likeness (QED) is 0.162. The van der Waals surface area contributed by atoms with Gasteiger partial charge >= 0.3 is 5.91 Å². The lowest BCUT2D eigenvalue weighted by Gasteiger charge is -2.28. The highest BCUT2D eigenvalue weighted by Gasteiger charge is 2.29. The average Bonchev–Trinajstić information content (AvgIpc) is 2.57. The second-order valence-corrected chi connectivity index (χ2v) is 9.56. The molecule has 0 aliphatic rings. The maximum absolute atomic E-state index is 12.3. The second kappa shape index (κ2) is 16.8. The van der Waals surface area contributed by atoms with Gasteiger partial charge in [0.1, 0.15) is 12.6 Å². The van der Waals surface area contributed by atoms with Crippen molar-refractivity contribution in [3.8, 4) is 0 Å². The van der Waals surface area contributed by atoms with Crippen molar-refractivity contribution < 1.29 is 14.4 Å². The van der Waals surface area contributed by atoms with Gasteiger partial charge in [-0.05, 0) is 13.3 Å². The zero-order chi connectivity index (χ0) is 20.5. The largest absolute Gasteiger partial charge is 0.388 e. The molecule has 2 unspecified atom stereocenters. The standard InChI is InChI=1S/C23H47ClNO2/c1-5-6-7-8-9-10-11-12-13-14-15-16-17-18-22(24)19-23(27)25(3,4)20-21(2)26/h21-22,26H,5-20H2,1-4H3/q+1. The number of aliphatic hydroxyl groups excluding tert-OH is 1. The van der Waals surface area contributed by atoms with Crippen molar-refractivity contribution in [2.45, 2.75) is 122 Å². The lowest BCUT2D eigenvalue weighted by Crippen LogP contribution is -2.50. The van der Waals surface area contributed by atoms with Gasteiger partial charge in [0.25, 0.3) is 0 Å². The molecule has 0 fully saturated rings. The van der Waals surface area contributed by atoms with Crippen molar-refractivity contribution >= 4 is 17.5 Å². The van der Waals surface area contributed by atoms with Gasteiger partial charge in [-0.1, -0.05) is 90.4 Å². The van der Waals surface area contributed by atoms with Crippen molar-refractivity contribution in [3.63, 3.8) is 0 Å². The summed E-state index contributed by atoms with van der Waals surface area (Å²) in [5.74, 6) is 0.116. The van der Waals surface area contributed by atoms with Crippen LogP contribution >= 0.6 is 11.6 Å². The number of hydrogen-bond acceptors (Lipinski definition) is 2. The van der Waals surface area contributed by atoms with Gasteiger partial charge in [0.15, 0.2) is 0 Å². The molecular weight excluding hydrogens is 358 g/mol. The van der Waals surface area contributed by atoms with Gasteiger partial charge < -0.3 is 5.11 Å². The number of carbonyl (C=O) groups excluding carboxylic acids is 1. The molecule has 0 rings (SSSR count). The normalized spacial score (nSPS) is 14.3. The molecule has 0 spiro atoms. The van der Waals surface area contributed by atoms with Crippen LogP contribution < -0.4 is 0 Å². The summed E-state index contributed by atoms with van der Waals surface area (Å²) in [4.78, 5) is 12.3. The monoisotopic (exact) mass is 404 g/mol. The predicted octanol–water partition coefficient (Wildman–Crippen LogP) is 6.45. The Hall–Kier alpha value is -0.120. The van der Waals surface area contributed by atoms with Crippen LogP contribution in [-0.2, 0) is 4.79 Å². The number of nitrogens with zero attached hydrogens (tertiary/aromatic N) is 1. The Morgan fingerprint density at radius 3 is 1.67 bits per heavy atom. The molecule has 0 saturated carbocycles. The van der Waals surface area contributed by atoms with Gasteiger partial charge in [-0.15, -0.1) is 11.6 Å². The molecule has 162 valence electrons. The molecule has 1 amide bonds. The predicted molar refractivity (Wildman–Crippen MR) is 118 cm³/mol. The molecule has 1 N–H and O–H groups in total. The van der Waals surface area contributed by atoms with E-state index in [0.717, 1.165) is 12.8 Å². The Morgan fingerprint density at radius 2 is 1.26 bits per heavy atom. The highest BCUT2D eigenvalue weighted by Crippen LogP contribution is 2.18. The molecule has 0 aromatic carbocycles.